The highest BCUT2D eigenvalue weighted by Crippen LogP contribution is 2.41. The lowest BCUT2D eigenvalue weighted by atomic mass is 9.82. The van der Waals surface area contributed by atoms with Gasteiger partial charge in [-0.15, -0.1) is 0 Å². The third-order valence-corrected chi connectivity index (χ3v) is 3.42. The molecule has 2 nitrogen and oxygen atoms in total. The van der Waals surface area contributed by atoms with Crippen molar-refractivity contribution in [1.82, 2.24) is 5.32 Å². The van der Waals surface area contributed by atoms with Crippen LogP contribution in [0, 0.1) is 11.8 Å². The predicted molar refractivity (Wildman–Crippen MR) is 37.7 cm³/mol. The zero-order chi connectivity index (χ0) is 6.55. The van der Waals surface area contributed by atoms with E-state index in [9.17, 15) is 0 Å². The maximum atomic E-state index is 5.45. The largest absolute Gasteiger partial charge is 0.381 e. The molecule has 3 rings (SSSR count). The fraction of sp³-hybridized carbons (Fsp3) is 1.00. The highest BCUT2D eigenvalue weighted by molar-refractivity contribution is 5.04. The van der Waals surface area contributed by atoms with Gasteiger partial charge in [-0.25, -0.2) is 0 Å². The second-order valence-electron chi connectivity index (χ2n) is 3.82. The van der Waals surface area contributed by atoms with Crippen molar-refractivity contribution in [3.63, 3.8) is 0 Å². The van der Waals surface area contributed by atoms with Crippen molar-refractivity contribution in [3.8, 4) is 0 Å². The van der Waals surface area contributed by atoms with Gasteiger partial charge in [-0.2, -0.15) is 0 Å². The minimum Gasteiger partial charge on any atom is -0.381 e. The summed E-state index contributed by atoms with van der Waals surface area (Å²) in [5.41, 5.74) is 0. The number of nitrogens with one attached hydrogen (secondary N) is 1. The molecule has 0 amide bonds. The smallest absolute Gasteiger partial charge is 0.0513 e. The van der Waals surface area contributed by atoms with Gasteiger partial charge in [0.25, 0.3) is 0 Å². The number of hydrogen-bond acceptors (Lipinski definition) is 2. The van der Waals surface area contributed by atoms with Crippen LogP contribution >= 0.6 is 0 Å². The summed E-state index contributed by atoms with van der Waals surface area (Å²) in [7, 11) is 0. The molecule has 0 spiro atoms. The molecule has 3 saturated heterocycles. The van der Waals surface area contributed by atoms with E-state index in [1.165, 1.54) is 12.8 Å². The third kappa shape index (κ3) is 0.523. The molecule has 3 heterocycles. The molecule has 0 aliphatic carbocycles. The monoisotopic (exact) mass is 139 g/mol. The molecular formula is C8H13NO. The van der Waals surface area contributed by atoms with E-state index in [1.807, 2.05) is 0 Å². The Hall–Kier alpha value is -0.0800. The van der Waals surface area contributed by atoms with Crippen LogP contribution in [0.3, 0.4) is 0 Å². The Balaban J connectivity index is 1.92. The van der Waals surface area contributed by atoms with Crippen LogP contribution in [0.5, 0.6) is 0 Å². The van der Waals surface area contributed by atoms with Crippen molar-refractivity contribution in [2.75, 3.05) is 13.2 Å². The van der Waals surface area contributed by atoms with E-state index in [0.717, 1.165) is 37.1 Å². The van der Waals surface area contributed by atoms with Gasteiger partial charge in [0.2, 0.25) is 0 Å². The number of ether oxygens (including phenoxy) is 1. The van der Waals surface area contributed by atoms with Gasteiger partial charge in [0.1, 0.15) is 0 Å². The van der Waals surface area contributed by atoms with Crippen LogP contribution in [0.4, 0.5) is 0 Å². The molecule has 0 aromatic rings. The zero-order valence-corrected chi connectivity index (χ0v) is 6.05. The van der Waals surface area contributed by atoms with Crippen LogP contribution < -0.4 is 5.32 Å². The highest BCUT2D eigenvalue weighted by atomic mass is 16.5. The Bertz CT molecular complexity index is 143. The number of rotatable bonds is 0. The van der Waals surface area contributed by atoms with E-state index in [1.54, 1.807) is 0 Å². The first-order chi connectivity index (χ1) is 4.95. The molecule has 0 aromatic carbocycles. The molecule has 0 aromatic heterocycles. The molecule has 3 aliphatic heterocycles. The summed E-state index contributed by atoms with van der Waals surface area (Å²) in [5.74, 6) is 1.75. The Kier molecular flexibility index (Phi) is 0.968. The first-order valence-corrected chi connectivity index (χ1v) is 4.29. The van der Waals surface area contributed by atoms with E-state index >= 15 is 0 Å². The second-order valence-corrected chi connectivity index (χ2v) is 3.82. The van der Waals surface area contributed by atoms with Gasteiger partial charge >= 0.3 is 0 Å². The van der Waals surface area contributed by atoms with Gasteiger partial charge in [0.15, 0.2) is 0 Å². The molecule has 0 saturated carbocycles. The highest BCUT2D eigenvalue weighted by Gasteiger charge is 2.49. The Labute approximate surface area is 60.9 Å². The van der Waals surface area contributed by atoms with Crippen molar-refractivity contribution >= 4 is 0 Å². The number of fused-ring (bicyclic) bond motifs is 5. The molecule has 1 N–H and O–H groups in total. The normalized spacial score (nSPS) is 57.6. The summed E-state index contributed by atoms with van der Waals surface area (Å²) in [5, 5.41) is 3.65. The lowest BCUT2D eigenvalue weighted by Gasteiger charge is -2.19. The minimum absolute atomic E-state index is 0.817. The van der Waals surface area contributed by atoms with E-state index in [2.05, 4.69) is 5.32 Å². The Morgan fingerprint density at radius 2 is 1.60 bits per heavy atom. The van der Waals surface area contributed by atoms with Crippen LogP contribution in [-0.2, 0) is 4.74 Å². The molecule has 2 heteroatoms. The van der Waals surface area contributed by atoms with E-state index in [-0.39, 0.29) is 0 Å². The fourth-order valence-corrected chi connectivity index (χ4v) is 2.89. The summed E-state index contributed by atoms with van der Waals surface area (Å²) in [4.78, 5) is 0. The molecule has 10 heavy (non-hydrogen) atoms. The standard InChI is InChI=1S/C8H13NO/c1-2-8-6-4-10-3-5(6)7(1)9-8/h5-9H,1-4H2/t5-,6?,7-,8+/m0/s1. The molecule has 4 atom stereocenters. The van der Waals surface area contributed by atoms with Gasteiger partial charge in [0.05, 0.1) is 13.2 Å². The summed E-state index contributed by atoms with van der Waals surface area (Å²) < 4.78 is 5.45. The van der Waals surface area contributed by atoms with Crippen LogP contribution in [0.2, 0.25) is 0 Å². The fourth-order valence-electron chi connectivity index (χ4n) is 2.89. The van der Waals surface area contributed by atoms with Gasteiger partial charge in [-0.3, -0.25) is 0 Å². The van der Waals surface area contributed by atoms with E-state index in [4.69, 9.17) is 4.74 Å². The van der Waals surface area contributed by atoms with Crippen LogP contribution in [-0.4, -0.2) is 25.3 Å². The van der Waals surface area contributed by atoms with E-state index in [0.29, 0.717) is 0 Å². The molecule has 56 valence electrons. The first-order valence-electron chi connectivity index (χ1n) is 4.29. The van der Waals surface area contributed by atoms with Crippen molar-refractivity contribution in [2.24, 2.45) is 11.8 Å². The lowest BCUT2D eigenvalue weighted by Crippen LogP contribution is -2.24. The summed E-state index contributed by atoms with van der Waals surface area (Å²) in [6.07, 6.45) is 2.80. The minimum atomic E-state index is 0.817. The SMILES string of the molecule is C1OC[C@H]2C1[C@H]1CC[C@@H]2N1. The van der Waals surface area contributed by atoms with E-state index < -0.39 is 0 Å². The molecule has 1 unspecified atom stereocenters. The van der Waals surface area contributed by atoms with Gasteiger partial charge in [-0.1, -0.05) is 0 Å². The van der Waals surface area contributed by atoms with Crippen molar-refractivity contribution in [3.05, 3.63) is 0 Å². The maximum Gasteiger partial charge on any atom is 0.0513 e. The van der Waals surface area contributed by atoms with Crippen molar-refractivity contribution < 1.29 is 4.74 Å². The van der Waals surface area contributed by atoms with Crippen LogP contribution in [0.25, 0.3) is 0 Å². The molecular weight excluding hydrogens is 126 g/mol. The van der Waals surface area contributed by atoms with Crippen LogP contribution in [0.1, 0.15) is 12.8 Å². The van der Waals surface area contributed by atoms with Crippen LogP contribution in [0.15, 0.2) is 0 Å². The molecule has 3 fully saturated rings. The summed E-state index contributed by atoms with van der Waals surface area (Å²) >= 11 is 0. The molecule has 0 radical (unpaired) electrons. The zero-order valence-electron chi connectivity index (χ0n) is 6.05. The lowest BCUT2D eigenvalue weighted by molar-refractivity contribution is 0.169. The summed E-state index contributed by atoms with van der Waals surface area (Å²) in [6, 6.07) is 1.63. The van der Waals surface area contributed by atoms with Crippen molar-refractivity contribution in [1.29, 1.82) is 0 Å². The maximum absolute atomic E-state index is 5.45. The quantitative estimate of drug-likeness (QED) is 0.524. The second kappa shape index (κ2) is 1.74. The van der Waals surface area contributed by atoms with Gasteiger partial charge < -0.3 is 10.1 Å². The average molecular weight is 139 g/mol. The predicted octanol–water partition coefficient (Wildman–Crippen LogP) is 0.383. The van der Waals surface area contributed by atoms with Crippen molar-refractivity contribution in [2.45, 2.75) is 24.9 Å². The summed E-state index contributed by atoms with van der Waals surface area (Å²) in [6.45, 7) is 2.05. The van der Waals surface area contributed by atoms with Gasteiger partial charge in [-0.05, 0) is 12.8 Å². The molecule has 2 bridgehead atoms. The number of hydrogen-bond donors (Lipinski definition) is 1. The first kappa shape index (κ1) is 5.56. The topological polar surface area (TPSA) is 21.3 Å². The average Bonchev–Trinajstić information content (AvgIpc) is 2.60. The molecule has 3 aliphatic rings. The third-order valence-electron chi connectivity index (χ3n) is 3.42. The van der Waals surface area contributed by atoms with Gasteiger partial charge in [0, 0.05) is 23.9 Å². The Morgan fingerprint density at radius 3 is 2.20 bits per heavy atom. The Morgan fingerprint density at radius 1 is 1.00 bits per heavy atom.